The molecule has 64 heavy (non-hydrogen) atoms. The molecule has 0 saturated heterocycles. The first-order valence-corrected chi connectivity index (χ1v) is 22.8. The summed E-state index contributed by atoms with van der Waals surface area (Å²) in [6.45, 7) is 1.07. The Labute approximate surface area is 367 Å². The van der Waals surface area contributed by atoms with Crippen LogP contribution in [0.3, 0.4) is 0 Å². The van der Waals surface area contributed by atoms with Gasteiger partial charge in [-0.2, -0.15) is 19.0 Å². The van der Waals surface area contributed by atoms with Crippen LogP contribution in [0.2, 0.25) is 5.02 Å². The molecule has 3 aliphatic rings. The third-order valence-electron chi connectivity index (χ3n) is 11.1. The maximum atomic E-state index is 15.5. The average molecular weight is 958 g/mol. The van der Waals surface area contributed by atoms with Gasteiger partial charge in [-0.3, -0.25) is 18.9 Å². The van der Waals surface area contributed by atoms with Gasteiger partial charge < -0.3 is 9.87 Å². The van der Waals surface area contributed by atoms with Gasteiger partial charge in [0.2, 0.25) is 15.9 Å². The van der Waals surface area contributed by atoms with Crippen LogP contribution in [0.25, 0.3) is 22.0 Å². The van der Waals surface area contributed by atoms with E-state index in [0.717, 1.165) is 16.8 Å². The predicted octanol–water partition coefficient (Wildman–Crippen LogP) is 8.24. The number of sulfonamides is 1. The van der Waals surface area contributed by atoms with Gasteiger partial charge in [0.15, 0.2) is 16.9 Å². The topological polar surface area (TPSA) is 161 Å². The van der Waals surface area contributed by atoms with E-state index in [-0.39, 0.29) is 67.6 Å². The molecule has 4 atom stereocenters. The number of rotatable bonds is 15. The fourth-order valence-corrected chi connectivity index (χ4v) is 10.4. The van der Waals surface area contributed by atoms with Crippen LogP contribution < -0.4 is 10.0 Å². The predicted molar refractivity (Wildman–Crippen MR) is 219 cm³/mol. The first-order valence-electron chi connectivity index (χ1n) is 19.6. The molecular formula is C41H36ClF8N7O5S2. The van der Waals surface area contributed by atoms with Crippen LogP contribution in [0.15, 0.2) is 42.5 Å². The molecule has 3 aliphatic carbocycles. The highest BCUT2D eigenvalue weighted by atomic mass is 35.5. The number of pyridine rings is 1. The second-order valence-corrected chi connectivity index (χ2v) is 19.9. The zero-order valence-electron chi connectivity index (χ0n) is 33.5. The van der Waals surface area contributed by atoms with Gasteiger partial charge >= 0.3 is 0 Å². The number of anilines is 1. The third kappa shape index (κ3) is 9.08. The van der Waals surface area contributed by atoms with Gasteiger partial charge in [0, 0.05) is 34.1 Å². The molecule has 0 bridgehead atoms. The van der Waals surface area contributed by atoms with Crippen molar-refractivity contribution < 1.29 is 57.1 Å². The van der Waals surface area contributed by atoms with E-state index in [1.807, 2.05) is 0 Å². The van der Waals surface area contributed by atoms with Crippen molar-refractivity contribution in [2.24, 2.45) is 11.3 Å². The highest BCUT2D eigenvalue weighted by Gasteiger charge is 2.67. The molecule has 0 spiro atoms. The van der Waals surface area contributed by atoms with Crippen molar-refractivity contribution in [1.29, 1.82) is 0 Å². The van der Waals surface area contributed by atoms with Crippen LogP contribution in [-0.2, 0) is 51.3 Å². The molecule has 1 amide bonds. The van der Waals surface area contributed by atoms with Crippen LogP contribution >= 0.6 is 11.6 Å². The Morgan fingerprint density at radius 3 is 2.36 bits per heavy atom. The van der Waals surface area contributed by atoms with E-state index in [4.69, 9.17) is 16.6 Å². The molecule has 23 heteroatoms. The molecule has 8 rings (SSSR count). The summed E-state index contributed by atoms with van der Waals surface area (Å²) in [6.07, 6.45) is -6.07. The SMILES string of the molecule is CC(C)(C#Cc1ccc(-c2ccc(Cl)c3c(NS(=O)(=O)C4CC4)nn(CC(F)F)c23)c([C@H](Cc2cc(F)cc(F)c2)NC(=O)Cn2nc(C(F)F)c3c2C(F)(F)[C@@H]2CC32)n1)CS(=O)O. The first kappa shape index (κ1) is 45.5. The maximum absolute atomic E-state index is 15.5. The lowest BCUT2D eigenvalue weighted by Gasteiger charge is -2.23. The summed E-state index contributed by atoms with van der Waals surface area (Å²) in [5, 5.41) is 9.58. The quantitative estimate of drug-likeness (QED) is 0.0538. The summed E-state index contributed by atoms with van der Waals surface area (Å²) < 4.78 is 168. The summed E-state index contributed by atoms with van der Waals surface area (Å²) in [7, 11) is -4.03. The third-order valence-corrected chi connectivity index (χ3v) is 14.2. The largest absolute Gasteiger partial charge is 0.346 e. The molecule has 3 heterocycles. The number of nitrogens with zero attached hydrogens (tertiary/aromatic N) is 5. The highest BCUT2D eigenvalue weighted by molar-refractivity contribution is 7.93. The van der Waals surface area contributed by atoms with Crippen molar-refractivity contribution >= 4 is 55.3 Å². The molecule has 2 unspecified atom stereocenters. The number of alkyl halides is 6. The number of halogens is 9. The van der Waals surface area contributed by atoms with Crippen molar-refractivity contribution in [3.8, 4) is 23.0 Å². The number of hydrogen-bond donors (Lipinski definition) is 3. The number of carbonyl (C=O) groups excluding carboxylic acids is 1. The van der Waals surface area contributed by atoms with Gasteiger partial charge in [0.1, 0.15) is 41.8 Å². The molecule has 0 aliphatic heterocycles. The normalized spacial score (nSPS) is 18.7. The van der Waals surface area contributed by atoms with Gasteiger partial charge in [-0.15, -0.1) is 0 Å². The smallest absolute Gasteiger partial charge is 0.293 e. The summed E-state index contributed by atoms with van der Waals surface area (Å²) in [5.74, 6) is -3.77. The van der Waals surface area contributed by atoms with E-state index in [1.54, 1.807) is 13.8 Å². The minimum absolute atomic E-state index is 0.0312. The number of carbonyl (C=O) groups is 1. The van der Waals surface area contributed by atoms with E-state index in [9.17, 15) is 48.3 Å². The number of hydrogen-bond acceptors (Lipinski definition) is 7. The Bertz CT molecular complexity index is 2890. The van der Waals surface area contributed by atoms with Crippen LogP contribution in [0.5, 0.6) is 0 Å². The van der Waals surface area contributed by atoms with Gasteiger partial charge in [-0.05, 0) is 87.3 Å². The second kappa shape index (κ2) is 16.7. The standard InChI is InChI=1S/C41H36ClF8N7O5S2/c1-40(2,18-63(59)60)10-9-22-3-6-24(25-7-8-28(42)33-36(25)56(16-30(45)46)54-39(33)55-64(61,62)23-4-5-23)34(51-22)29(13-19-11-20(43)14-21(44)12-19)52-31(58)17-57-37-32(35(53-57)38(47)48)26-15-27(26)41(37,49)50/h3,6-8,11-12,14,23,26-27,29-30,38H,4-5,13,15-18H2,1-2H3,(H,52,58)(H,54,55)(H,59,60)/t26?,27-,29+/m1/s1. The Kier molecular flexibility index (Phi) is 11.9. The summed E-state index contributed by atoms with van der Waals surface area (Å²) in [4.78, 5) is 18.8. The minimum atomic E-state index is -4.03. The first-order chi connectivity index (χ1) is 30.0. The lowest BCUT2D eigenvalue weighted by Crippen LogP contribution is -2.35. The van der Waals surface area contributed by atoms with Crippen LogP contribution in [-0.4, -0.2) is 65.1 Å². The van der Waals surface area contributed by atoms with Gasteiger partial charge in [-0.1, -0.05) is 23.6 Å². The molecule has 12 nitrogen and oxygen atoms in total. The van der Waals surface area contributed by atoms with E-state index in [1.165, 1.54) is 24.3 Å². The van der Waals surface area contributed by atoms with Gasteiger partial charge in [-0.25, -0.2) is 44.0 Å². The highest BCUT2D eigenvalue weighted by Crippen LogP contribution is 2.68. The lowest BCUT2D eigenvalue weighted by atomic mass is 9.93. The van der Waals surface area contributed by atoms with Crippen molar-refractivity contribution in [3.05, 3.63) is 93.0 Å². The second-order valence-electron chi connectivity index (χ2n) is 16.6. The zero-order chi connectivity index (χ0) is 46.2. The number of benzene rings is 2. The molecule has 2 aromatic carbocycles. The van der Waals surface area contributed by atoms with Crippen LogP contribution in [0, 0.1) is 34.8 Å². The average Bonchev–Trinajstić information content (AvgIpc) is 4.10. The van der Waals surface area contributed by atoms with Gasteiger partial charge in [0.25, 0.3) is 18.8 Å². The minimum Gasteiger partial charge on any atom is -0.346 e. The fraction of sp³-hybridized carbons (Fsp3) is 0.415. The van der Waals surface area contributed by atoms with Gasteiger partial charge in [0.05, 0.1) is 38.7 Å². The summed E-state index contributed by atoms with van der Waals surface area (Å²) >= 11 is 4.38. The maximum Gasteiger partial charge on any atom is 0.293 e. The Hall–Kier alpha value is -5.11. The van der Waals surface area contributed by atoms with Crippen LogP contribution in [0.4, 0.5) is 40.9 Å². The lowest BCUT2D eigenvalue weighted by molar-refractivity contribution is -0.123. The number of amides is 1. The van der Waals surface area contributed by atoms with Crippen molar-refractivity contribution in [3.63, 3.8) is 0 Å². The molecule has 5 aromatic rings. The Balaban J connectivity index is 1.30. The van der Waals surface area contributed by atoms with Crippen molar-refractivity contribution in [2.45, 2.75) is 88.6 Å². The molecular weight excluding hydrogens is 922 g/mol. The van der Waals surface area contributed by atoms with E-state index >= 15 is 8.78 Å². The molecule has 3 N–H and O–H groups in total. The summed E-state index contributed by atoms with van der Waals surface area (Å²) in [6, 6.07) is 6.49. The molecule has 2 saturated carbocycles. The summed E-state index contributed by atoms with van der Waals surface area (Å²) in [5.41, 5.74) is -3.40. The van der Waals surface area contributed by atoms with Crippen molar-refractivity contribution in [2.75, 3.05) is 10.5 Å². The zero-order valence-corrected chi connectivity index (χ0v) is 35.9. The number of aromatic nitrogens is 5. The Morgan fingerprint density at radius 1 is 1.03 bits per heavy atom. The monoisotopic (exact) mass is 957 g/mol. The molecule has 340 valence electrons. The van der Waals surface area contributed by atoms with E-state index in [0.29, 0.717) is 23.6 Å². The number of nitrogens with one attached hydrogen (secondary N) is 2. The number of fused-ring (bicyclic) bond motifs is 4. The Morgan fingerprint density at radius 2 is 1.72 bits per heavy atom. The molecule has 3 aromatic heterocycles. The fourth-order valence-electron chi connectivity index (χ4n) is 8.18. The van der Waals surface area contributed by atoms with E-state index in [2.05, 4.69) is 32.1 Å². The molecule has 2 fully saturated rings. The van der Waals surface area contributed by atoms with Crippen LogP contribution in [0.1, 0.15) is 85.4 Å². The van der Waals surface area contributed by atoms with E-state index < -0.39 is 117 Å². The molecule has 0 radical (unpaired) electrons. The van der Waals surface area contributed by atoms with Crippen molar-refractivity contribution in [1.82, 2.24) is 29.9 Å².